The van der Waals surface area contributed by atoms with Crippen LogP contribution in [0.5, 0.6) is 0 Å². The SMILES string of the molecule is CCCC(NC(=O)OCC1c2ccccc2-c2ccccc21)C(=O)N1CC2CC1(C(=O)O)C2. The first-order valence-corrected chi connectivity index (χ1v) is 11.6. The molecule has 172 valence electrons. The topological polar surface area (TPSA) is 95.9 Å². The number of benzene rings is 2. The van der Waals surface area contributed by atoms with Crippen molar-refractivity contribution in [3.8, 4) is 11.1 Å². The van der Waals surface area contributed by atoms with Crippen LogP contribution in [0.2, 0.25) is 0 Å². The molecule has 7 nitrogen and oxygen atoms in total. The first kappa shape index (κ1) is 21.5. The molecule has 2 bridgehead atoms. The van der Waals surface area contributed by atoms with Gasteiger partial charge in [0.2, 0.25) is 5.91 Å². The van der Waals surface area contributed by atoms with E-state index >= 15 is 0 Å². The minimum absolute atomic E-state index is 0.0652. The van der Waals surface area contributed by atoms with E-state index in [1.807, 2.05) is 31.2 Å². The van der Waals surface area contributed by atoms with Gasteiger partial charge in [0.25, 0.3) is 0 Å². The highest BCUT2D eigenvalue weighted by molar-refractivity contribution is 5.93. The molecule has 0 spiro atoms. The zero-order valence-corrected chi connectivity index (χ0v) is 18.6. The number of carbonyl (C=O) groups excluding carboxylic acids is 2. The Balaban J connectivity index is 1.26. The predicted molar refractivity (Wildman–Crippen MR) is 122 cm³/mol. The number of hydrogen-bond acceptors (Lipinski definition) is 4. The lowest BCUT2D eigenvalue weighted by molar-refractivity contribution is -0.159. The lowest BCUT2D eigenvalue weighted by atomic mass is 9.73. The fourth-order valence-corrected chi connectivity index (χ4v) is 5.79. The van der Waals surface area contributed by atoms with Crippen LogP contribution in [0.15, 0.2) is 48.5 Å². The van der Waals surface area contributed by atoms with Crippen molar-refractivity contribution < 1.29 is 24.2 Å². The highest BCUT2D eigenvalue weighted by Crippen LogP contribution is 2.51. The average molecular weight is 449 g/mol. The number of aliphatic carboxylic acids is 1. The Kier molecular flexibility index (Phi) is 5.35. The number of hydrogen-bond donors (Lipinski definition) is 2. The Bertz CT molecular complexity index is 1060. The molecule has 2 N–H and O–H groups in total. The molecule has 3 fully saturated rings. The third kappa shape index (κ3) is 3.46. The van der Waals surface area contributed by atoms with E-state index in [9.17, 15) is 19.5 Å². The molecule has 2 aliphatic carbocycles. The van der Waals surface area contributed by atoms with E-state index in [-0.39, 0.29) is 24.3 Å². The second-order valence-corrected chi connectivity index (χ2v) is 9.37. The monoisotopic (exact) mass is 448 g/mol. The predicted octanol–water partition coefficient (Wildman–Crippen LogP) is 3.77. The smallest absolute Gasteiger partial charge is 0.407 e. The van der Waals surface area contributed by atoms with Crippen molar-refractivity contribution >= 4 is 18.0 Å². The third-order valence-corrected chi connectivity index (χ3v) is 7.39. The number of nitrogens with zero attached hydrogens (tertiary/aromatic N) is 1. The first-order chi connectivity index (χ1) is 15.9. The summed E-state index contributed by atoms with van der Waals surface area (Å²) < 4.78 is 5.60. The van der Waals surface area contributed by atoms with Gasteiger partial charge in [-0.3, -0.25) is 4.79 Å². The van der Waals surface area contributed by atoms with Crippen LogP contribution >= 0.6 is 0 Å². The molecule has 2 amide bonds. The Morgan fingerprint density at radius 3 is 2.27 bits per heavy atom. The average Bonchev–Trinajstić information content (AvgIpc) is 3.45. The normalized spacial score (nSPS) is 23.3. The van der Waals surface area contributed by atoms with E-state index in [0.29, 0.717) is 32.2 Å². The highest BCUT2D eigenvalue weighted by atomic mass is 16.5. The number of carboxylic acid groups (broad SMARTS) is 1. The summed E-state index contributed by atoms with van der Waals surface area (Å²) in [5, 5.41) is 12.4. The molecule has 2 aliphatic heterocycles. The minimum Gasteiger partial charge on any atom is -0.479 e. The lowest BCUT2D eigenvalue weighted by Gasteiger charge is -2.39. The van der Waals surface area contributed by atoms with Crippen molar-refractivity contribution in [1.82, 2.24) is 10.2 Å². The summed E-state index contributed by atoms with van der Waals surface area (Å²) in [4.78, 5) is 39.2. The van der Waals surface area contributed by atoms with E-state index in [2.05, 4.69) is 29.6 Å². The number of ether oxygens (including phenoxy) is 1. The van der Waals surface area contributed by atoms with Gasteiger partial charge in [0.1, 0.15) is 18.2 Å². The molecular weight excluding hydrogens is 420 g/mol. The zero-order valence-electron chi connectivity index (χ0n) is 18.6. The number of fused-ring (bicyclic) bond motifs is 4. The molecule has 0 aromatic heterocycles. The molecule has 7 heteroatoms. The molecule has 1 atom stereocenters. The molecule has 1 saturated carbocycles. The van der Waals surface area contributed by atoms with Crippen LogP contribution < -0.4 is 5.32 Å². The summed E-state index contributed by atoms with van der Waals surface area (Å²) in [6, 6.07) is 15.4. The highest BCUT2D eigenvalue weighted by Gasteiger charge is 2.63. The lowest BCUT2D eigenvalue weighted by Crippen LogP contribution is -2.58. The molecule has 4 aliphatic rings. The van der Waals surface area contributed by atoms with Crippen molar-refractivity contribution in [2.75, 3.05) is 13.2 Å². The van der Waals surface area contributed by atoms with E-state index in [1.165, 1.54) is 4.90 Å². The third-order valence-electron chi connectivity index (χ3n) is 7.39. The van der Waals surface area contributed by atoms with Gasteiger partial charge in [-0.05, 0) is 47.4 Å². The molecule has 6 rings (SSSR count). The summed E-state index contributed by atoms with van der Waals surface area (Å²) in [5.41, 5.74) is 3.43. The fourth-order valence-electron chi connectivity index (χ4n) is 5.79. The maximum atomic E-state index is 13.2. The first-order valence-electron chi connectivity index (χ1n) is 11.6. The van der Waals surface area contributed by atoms with Gasteiger partial charge in [-0.2, -0.15) is 0 Å². The number of alkyl carbamates (subject to hydrolysis) is 1. The van der Waals surface area contributed by atoms with Crippen LogP contribution in [0.1, 0.15) is 49.7 Å². The van der Waals surface area contributed by atoms with Crippen LogP contribution in [0.4, 0.5) is 4.79 Å². The minimum atomic E-state index is -1.10. The van der Waals surface area contributed by atoms with E-state index in [1.54, 1.807) is 0 Å². The number of carboxylic acids is 1. The van der Waals surface area contributed by atoms with Crippen LogP contribution in [-0.4, -0.2) is 52.7 Å². The maximum Gasteiger partial charge on any atom is 0.407 e. The number of nitrogens with one attached hydrogen (secondary N) is 1. The largest absolute Gasteiger partial charge is 0.479 e. The van der Waals surface area contributed by atoms with Crippen LogP contribution in [0.3, 0.4) is 0 Å². The Morgan fingerprint density at radius 2 is 1.70 bits per heavy atom. The summed E-state index contributed by atoms with van der Waals surface area (Å²) in [7, 11) is 0. The molecule has 2 aromatic carbocycles. The van der Waals surface area contributed by atoms with Gasteiger partial charge in [-0.25, -0.2) is 9.59 Å². The van der Waals surface area contributed by atoms with Gasteiger partial charge in [0.15, 0.2) is 0 Å². The Hall–Kier alpha value is -3.35. The van der Waals surface area contributed by atoms with E-state index < -0.39 is 23.6 Å². The van der Waals surface area contributed by atoms with Crippen molar-refractivity contribution in [3.05, 3.63) is 59.7 Å². The quantitative estimate of drug-likeness (QED) is 0.672. The summed E-state index contributed by atoms with van der Waals surface area (Å²) in [6.07, 6.45) is 1.45. The van der Waals surface area contributed by atoms with Crippen molar-refractivity contribution in [2.24, 2.45) is 5.92 Å². The zero-order chi connectivity index (χ0) is 23.2. The van der Waals surface area contributed by atoms with Crippen molar-refractivity contribution in [3.63, 3.8) is 0 Å². The standard InChI is InChI=1S/C26H28N2O5/c1-2-7-22(23(29)28-14-16-12-26(28,13-16)24(30)31)27-25(32)33-15-21-19-10-5-3-8-17(19)18-9-4-6-11-20(18)21/h3-6,8-11,16,21-22H,2,7,12-15H2,1H3,(H,27,32)(H,30,31). The van der Waals surface area contributed by atoms with Gasteiger partial charge in [-0.1, -0.05) is 61.9 Å². The van der Waals surface area contributed by atoms with E-state index in [0.717, 1.165) is 22.3 Å². The van der Waals surface area contributed by atoms with Gasteiger partial charge >= 0.3 is 12.1 Å². The van der Waals surface area contributed by atoms with Gasteiger partial charge in [0, 0.05) is 12.5 Å². The van der Waals surface area contributed by atoms with Gasteiger partial charge in [-0.15, -0.1) is 0 Å². The molecule has 33 heavy (non-hydrogen) atoms. The van der Waals surface area contributed by atoms with Crippen molar-refractivity contribution in [1.29, 1.82) is 0 Å². The fraction of sp³-hybridized carbons (Fsp3) is 0.423. The second-order valence-electron chi connectivity index (χ2n) is 9.37. The van der Waals surface area contributed by atoms with Gasteiger partial charge < -0.3 is 20.1 Å². The molecule has 0 radical (unpaired) electrons. The summed E-state index contributed by atoms with van der Waals surface area (Å²) in [5.74, 6) is -1.11. The molecular formula is C26H28N2O5. The molecule has 1 unspecified atom stereocenters. The Labute approximate surface area is 192 Å². The number of rotatable bonds is 7. The number of amides is 2. The Morgan fingerprint density at radius 1 is 1.09 bits per heavy atom. The molecule has 2 aromatic rings. The van der Waals surface area contributed by atoms with Crippen LogP contribution in [0.25, 0.3) is 11.1 Å². The summed E-state index contributed by atoms with van der Waals surface area (Å²) >= 11 is 0. The summed E-state index contributed by atoms with van der Waals surface area (Å²) in [6.45, 7) is 2.53. The molecule has 2 saturated heterocycles. The van der Waals surface area contributed by atoms with Crippen LogP contribution in [0, 0.1) is 5.92 Å². The molecule has 2 heterocycles. The van der Waals surface area contributed by atoms with Crippen LogP contribution in [-0.2, 0) is 14.3 Å². The second kappa shape index (κ2) is 8.21. The maximum absolute atomic E-state index is 13.2. The number of carbonyl (C=O) groups is 3. The van der Waals surface area contributed by atoms with Gasteiger partial charge in [0.05, 0.1) is 0 Å². The van der Waals surface area contributed by atoms with Crippen molar-refractivity contribution in [2.45, 2.75) is 50.1 Å². The van der Waals surface area contributed by atoms with E-state index in [4.69, 9.17) is 4.74 Å².